The lowest BCUT2D eigenvalue weighted by molar-refractivity contribution is -0.138. The van der Waals surface area contributed by atoms with Gasteiger partial charge in [0.05, 0.1) is 0 Å². The second-order valence-electron chi connectivity index (χ2n) is 7.06. The molecule has 0 aromatic heterocycles. The Labute approximate surface area is 136 Å². The summed E-state index contributed by atoms with van der Waals surface area (Å²) >= 11 is 0. The molecule has 7 heteroatoms. The molecule has 126 valence electrons. The van der Waals surface area contributed by atoms with Crippen LogP contribution in [-0.2, 0) is 28.1 Å². The highest BCUT2D eigenvalue weighted by Gasteiger charge is 2.48. The molecule has 2 aliphatic heterocycles. The van der Waals surface area contributed by atoms with Crippen LogP contribution in [0, 0.1) is 5.92 Å². The van der Waals surface area contributed by atoms with E-state index in [-0.39, 0.29) is 18.9 Å². The van der Waals surface area contributed by atoms with E-state index in [4.69, 9.17) is 5.11 Å². The molecule has 0 aliphatic carbocycles. The summed E-state index contributed by atoms with van der Waals surface area (Å²) < 4.78 is 29.1. The standard InChI is InChI=1S/C16H22N2O4S/c1-16(2)8-12(7-15(19)20)9-18(16)23(21,22)17-10-13-5-3-4-6-14(13)11-17/h3-6,12H,7-11H2,1-2H3,(H,19,20). The van der Waals surface area contributed by atoms with Crippen molar-refractivity contribution in [2.75, 3.05) is 6.54 Å². The third-order valence-electron chi connectivity index (χ3n) is 4.77. The SMILES string of the molecule is CC1(C)CC(CC(=O)O)CN1S(=O)(=O)N1Cc2ccccc2C1. The zero-order valence-electron chi connectivity index (χ0n) is 13.4. The Kier molecular flexibility index (Phi) is 3.98. The number of hydrogen-bond donors (Lipinski definition) is 1. The lowest BCUT2D eigenvalue weighted by Crippen LogP contribution is -2.48. The third kappa shape index (κ3) is 3.00. The summed E-state index contributed by atoms with van der Waals surface area (Å²) in [5.41, 5.74) is 1.51. The van der Waals surface area contributed by atoms with Gasteiger partial charge in [0.25, 0.3) is 10.2 Å². The Morgan fingerprint density at radius 1 is 1.26 bits per heavy atom. The summed E-state index contributed by atoms with van der Waals surface area (Å²) in [6, 6.07) is 7.73. The second-order valence-corrected chi connectivity index (χ2v) is 8.91. The molecule has 2 heterocycles. The van der Waals surface area contributed by atoms with Crippen molar-refractivity contribution in [3.05, 3.63) is 35.4 Å². The Bertz CT molecular complexity index is 704. The minimum Gasteiger partial charge on any atom is -0.481 e. The maximum atomic E-state index is 13.1. The smallest absolute Gasteiger partial charge is 0.303 e. The number of aliphatic carboxylic acids is 1. The first kappa shape index (κ1) is 16.4. The largest absolute Gasteiger partial charge is 0.481 e. The van der Waals surface area contributed by atoms with E-state index in [1.807, 2.05) is 38.1 Å². The number of nitrogens with zero attached hydrogens (tertiary/aromatic N) is 2. The molecule has 6 nitrogen and oxygen atoms in total. The molecule has 0 amide bonds. The van der Waals surface area contributed by atoms with Gasteiger partial charge in [-0.3, -0.25) is 4.79 Å². The van der Waals surface area contributed by atoms with E-state index < -0.39 is 21.7 Å². The molecule has 0 radical (unpaired) electrons. The fourth-order valence-corrected chi connectivity index (χ4v) is 5.73. The van der Waals surface area contributed by atoms with Crippen LogP contribution in [0.25, 0.3) is 0 Å². The first-order chi connectivity index (χ1) is 10.7. The molecule has 1 unspecified atom stereocenters. The van der Waals surface area contributed by atoms with E-state index in [2.05, 4.69) is 0 Å². The molecule has 1 atom stereocenters. The lowest BCUT2D eigenvalue weighted by atomic mass is 9.95. The van der Waals surface area contributed by atoms with Crippen LogP contribution in [0.2, 0.25) is 0 Å². The van der Waals surface area contributed by atoms with E-state index in [1.54, 1.807) is 0 Å². The fourth-order valence-electron chi connectivity index (χ4n) is 3.75. The van der Waals surface area contributed by atoms with Gasteiger partial charge in [-0.1, -0.05) is 24.3 Å². The summed E-state index contributed by atoms with van der Waals surface area (Å²) in [5, 5.41) is 8.98. The van der Waals surface area contributed by atoms with Gasteiger partial charge in [0.2, 0.25) is 0 Å². The van der Waals surface area contributed by atoms with Gasteiger partial charge in [0.1, 0.15) is 0 Å². The minimum atomic E-state index is -3.61. The normalized spacial score (nSPS) is 24.7. The maximum absolute atomic E-state index is 13.1. The highest BCUT2D eigenvalue weighted by atomic mass is 32.2. The van der Waals surface area contributed by atoms with Crippen molar-refractivity contribution in [2.24, 2.45) is 5.92 Å². The topological polar surface area (TPSA) is 77.9 Å². The van der Waals surface area contributed by atoms with Crippen LogP contribution in [-0.4, -0.2) is 40.2 Å². The van der Waals surface area contributed by atoms with Crippen LogP contribution in [0.3, 0.4) is 0 Å². The first-order valence-corrected chi connectivity index (χ1v) is 9.16. The van der Waals surface area contributed by atoms with Gasteiger partial charge in [0, 0.05) is 31.6 Å². The predicted octanol–water partition coefficient (Wildman–Crippen LogP) is 1.82. The van der Waals surface area contributed by atoms with Gasteiger partial charge in [-0.2, -0.15) is 17.0 Å². The molecule has 0 spiro atoms. The summed E-state index contributed by atoms with van der Waals surface area (Å²) in [5.74, 6) is -1.01. The zero-order valence-corrected chi connectivity index (χ0v) is 14.2. The molecule has 23 heavy (non-hydrogen) atoms. The van der Waals surface area contributed by atoms with Gasteiger partial charge in [-0.15, -0.1) is 0 Å². The van der Waals surface area contributed by atoms with Crippen molar-refractivity contribution in [3.8, 4) is 0 Å². The van der Waals surface area contributed by atoms with E-state index in [0.717, 1.165) is 11.1 Å². The molecule has 0 bridgehead atoms. The van der Waals surface area contributed by atoms with E-state index in [0.29, 0.717) is 19.5 Å². The molecule has 2 aliphatic rings. The minimum absolute atomic E-state index is 0.00960. The summed E-state index contributed by atoms with van der Waals surface area (Å²) in [6.45, 7) is 4.78. The van der Waals surface area contributed by atoms with Crippen LogP contribution in [0.5, 0.6) is 0 Å². The van der Waals surface area contributed by atoms with Crippen molar-refractivity contribution in [3.63, 3.8) is 0 Å². The Hall–Kier alpha value is -1.44. The highest BCUT2D eigenvalue weighted by molar-refractivity contribution is 7.86. The zero-order chi connectivity index (χ0) is 16.8. The summed E-state index contributed by atoms with van der Waals surface area (Å²) in [4.78, 5) is 10.9. The summed E-state index contributed by atoms with van der Waals surface area (Å²) in [7, 11) is -3.61. The third-order valence-corrected chi connectivity index (χ3v) is 6.88. The Morgan fingerprint density at radius 2 is 1.83 bits per heavy atom. The molecular weight excluding hydrogens is 316 g/mol. The molecular formula is C16H22N2O4S. The molecule has 1 N–H and O–H groups in total. The molecule has 1 aromatic rings. The molecule has 3 rings (SSSR count). The molecule has 0 saturated carbocycles. The van der Waals surface area contributed by atoms with Crippen LogP contribution in [0.4, 0.5) is 0 Å². The quantitative estimate of drug-likeness (QED) is 0.908. The van der Waals surface area contributed by atoms with Crippen LogP contribution in [0.1, 0.15) is 37.8 Å². The second kappa shape index (κ2) is 5.58. The molecule has 1 fully saturated rings. The first-order valence-electron chi connectivity index (χ1n) is 7.76. The van der Waals surface area contributed by atoms with Gasteiger partial charge in [-0.05, 0) is 37.3 Å². The lowest BCUT2D eigenvalue weighted by Gasteiger charge is -2.33. The average Bonchev–Trinajstić information content (AvgIpc) is 2.99. The van der Waals surface area contributed by atoms with Gasteiger partial charge in [0.15, 0.2) is 0 Å². The molecule has 1 aromatic carbocycles. The number of hydrogen-bond acceptors (Lipinski definition) is 3. The number of carbonyl (C=O) groups is 1. The Morgan fingerprint density at radius 3 is 2.35 bits per heavy atom. The fraction of sp³-hybridized carbons (Fsp3) is 0.562. The van der Waals surface area contributed by atoms with Gasteiger partial charge >= 0.3 is 5.97 Å². The number of carboxylic acids is 1. The number of benzene rings is 1. The van der Waals surface area contributed by atoms with Crippen molar-refractivity contribution in [1.29, 1.82) is 0 Å². The monoisotopic (exact) mass is 338 g/mol. The van der Waals surface area contributed by atoms with Crippen LogP contribution >= 0.6 is 0 Å². The number of fused-ring (bicyclic) bond motifs is 1. The van der Waals surface area contributed by atoms with Gasteiger partial charge < -0.3 is 5.11 Å². The van der Waals surface area contributed by atoms with E-state index in [1.165, 1.54) is 8.61 Å². The van der Waals surface area contributed by atoms with Crippen molar-refractivity contribution < 1.29 is 18.3 Å². The number of carboxylic acid groups (broad SMARTS) is 1. The molecule has 1 saturated heterocycles. The summed E-state index contributed by atoms with van der Waals surface area (Å²) in [6.07, 6.45) is 0.578. The number of rotatable bonds is 4. The van der Waals surface area contributed by atoms with Crippen molar-refractivity contribution in [1.82, 2.24) is 8.61 Å². The van der Waals surface area contributed by atoms with Crippen LogP contribution in [0.15, 0.2) is 24.3 Å². The van der Waals surface area contributed by atoms with Gasteiger partial charge in [-0.25, -0.2) is 0 Å². The Balaban J connectivity index is 1.82. The van der Waals surface area contributed by atoms with E-state index >= 15 is 0 Å². The van der Waals surface area contributed by atoms with Crippen molar-refractivity contribution in [2.45, 2.75) is 45.3 Å². The maximum Gasteiger partial charge on any atom is 0.303 e. The van der Waals surface area contributed by atoms with Crippen molar-refractivity contribution >= 4 is 16.2 Å². The predicted molar refractivity (Wildman–Crippen MR) is 85.8 cm³/mol. The van der Waals surface area contributed by atoms with Crippen LogP contribution < -0.4 is 0 Å². The average molecular weight is 338 g/mol. The highest BCUT2D eigenvalue weighted by Crippen LogP contribution is 2.39. The van der Waals surface area contributed by atoms with E-state index in [9.17, 15) is 13.2 Å².